The van der Waals surface area contributed by atoms with Crippen molar-refractivity contribution in [1.82, 2.24) is 5.32 Å². The van der Waals surface area contributed by atoms with E-state index in [4.69, 9.17) is 4.74 Å². The molecule has 1 atom stereocenters. The second kappa shape index (κ2) is 5.46. The molecule has 1 heterocycles. The third-order valence-corrected chi connectivity index (χ3v) is 4.03. The molecule has 1 aliphatic rings. The van der Waals surface area contributed by atoms with Gasteiger partial charge in [0.2, 0.25) is 0 Å². The van der Waals surface area contributed by atoms with Gasteiger partial charge in [-0.25, -0.2) is 0 Å². The highest BCUT2D eigenvalue weighted by atomic mass is 32.1. The summed E-state index contributed by atoms with van der Waals surface area (Å²) in [6.45, 7) is 0.758. The van der Waals surface area contributed by atoms with E-state index in [0.29, 0.717) is 5.92 Å². The summed E-state index contributed by atoms with van der Waals surface area (Å²) in [5.41, 5.74) is 0. The van der Waals surface area contributed by atoms with Crippen LogP contribution in [0.3, 0.4) is 0 Å². The van der Waals surface area contributed by atoms with Crippen LogP contribution in [0.2, 0.25) is 0 Å². The zero-order valence-electron chi connectivity index (χ0n) is 9.44. The Morgan fingerprint density at radius 2 is 2.50 bits per heavy atom. The van der Waals surface area contributed by atoms with E-state index in [1.54, 1.807) is 11.3 Å². The minimum Gasteiger partial charge on any atom is -0.468 e. The van der Waals surface area contributed by atoms with Gasteiger partial charge in [0.1, 0.15) is 6.04 Å². The Morgan fingerprint density at radius 1 is 1.69 bits per heavy atom. The minimum absolute atomic E-state index is 0.124. The maximum Gasteiger partial charge on any atom is 0.323 e. The standard InChI is InChI=1S/C12H17NO2S/c1-15-12(14)11(9-4-2-5-9)13-8-10-6-3-7-16-10/h3,6-7,9,11,13H,2,4-5,8H2,1H3. The fourth-order valence-corrected chi connectivity index (χ4v) is 2.62. The Kier molecular flexibility index (Phi) is 3.96. The Labute approximate surface area is 99.8 Å². The number of hydrogen-bond donors (Lipinski definition) is 1. The van der Waals surface area contributed by atoms with Gasteiger partial charge in [-0.05, 0) is 30.2 Å². The van der Waals surface area contributed by atoms with Crippen molar-refractivity contribution in [2.45, 2.75) is 31.8 Å². The van der Waals surface area contributed by atoms with Gasteiger partial charge in [-0.2, -0.15) is 0 Å². The van der Waals surface area contributed by atoms with Crippen LogP contribution in [-0.2, 0) is 16.1 Å². The summed E-state index contributed by atoms with van der Waals surface area (Å²) in [7, 11) is 1.46. The number of nitrogens with one attached hydrogen (secondary N) is 1. The third kappa shape index (κ3) is 2.62. The highest BCUT2D eigenvalue weighted by Crippen LogP contribution is 2.30. The second-order valence-electron chi connectivity index (χ2n) is 4.15. The molecule has 1 aromatic heterocycles. The zero-order valence-corrected chi connectivity index (χ0v) is 10.3. The molecule has 0 aromatic carbocycles. The second-order valence-corrected chi connectivity index (χ2v) is 5.18. The van der Waals surface area contributed by atoms with Crippen LogP contribution in [0.25, 0.3) is 0 Å². The van der Waals surface area contributed by atoms with Crippen LogP contribution < -0.4 is 5.32 Å². The first kappa shape index (κ1) is 11.6. The molecule has 0 radical (unpaired) electrons. The van der Waals surface area contributed by atoms with Crippen LogP contribution in [0.4, 0.5) is 0 Å². The van der Waals surface area contributed by atoms with Gasteiger partial charge in [-0.15, -0.1) is 11.3 Å². The summed E-state index contributed by atoms with van der Waals surface area (Å²) in [6.07, 6.45) is 3.51. The fraction of sp³-hybridized carbons (Fsp3) is 0.583. The van der Waals surface area contributed by atoms with Crippen LogP contribution in [0.15, 0.2) is 17.5 Å². The molecular weight excluding hydrogens is 222 g/mol. The molecule has 1 aromatic rings. The van der Waals surface area contributed by atoms with Crippen LogP contribution in [0.1, 0.15) is 24.1 Å². The largest absolute Gasteiger partial charge is 0.468 e. The van der Waals surface area contributed by atoms with Gasteiger partial charge in [-0.1, -0.05) is 12.5 Å². The van der Waals surface area contributed by atoms with Gasteiger partial charge >= 0.3 is 5.97 Å². The van der Waals surface area contributed by atoms with Crippen molar-refractivity contribution in [2.24, 2.45) is 5.92 Å². The van der Waals surface area contributed by atoms with E-state index in [1.165, 1.54) is 18.4 Å². The topological polar surface area (TPSA) is 38.3 Å². The molecule has 0 aliphatic heterocycles. The van der Waals surface area contributed by atoms with E-state index in [0.717, 1.165) is 19.4 Å². The highest BCUT2D eigenvalue weighted by molar-refractivity contribution is 7.09. The van der Waals surface area contributed by atoms with Crippen molar-refractivity contribution < 1.29 is 9.53 Å². The summed E-state index contributed by atoms with van der Waals surface area (Å²) in [5, 5.41) is 5.36. The molecule has 0 amide bonds. The number of rotatable bonds is 5. The molecular formula is C12H17NO2S. The number of carbonyl (C=O) groups is 1. The average molecular weight is 239 g/mol. The van der Waals surface area contributed by atoms with Crippen molar-refractivity contribution in [3.63, 3.8) is 0 Å². The number of esters is 1. The monoisotopic (exact) mass is 239 g/mol. The van der Waals surface area contributed by atoms with E-state index in [2.05, 4.69) is 11.4 Å². The van der Waals surface area contributed by atoms with Gasteiger partial charge < -0.3 is 4.74 Å². The lowest BCUT2D eigenvalue weighted by atomic mass is 9.79. The summed E-state index contributed by atoms with van der Waals surface area (Å²) in [4.78, 5) is 12.9. The Bertz CT molecular complexity index is 333. The lowest BCUT2D eigenvalue weighted by Crippen LogP contribution is -2.45. The third-order valence-electron chi connectivity index (χ3n) is 3.15. The average Bonchev–Trinajstić information content (AvgIpc) is 2.73. The van der Waals surface area contributed by atoms with Crippen molar-refractivity contribution in [2.75, 3.05) is 7.11 Å². The summed E-state index contributed by atoms with van der Waals surface area (Å²) in [6, 6.07) is 3.98. The lowest BCUT2D eigenvalue weighted by molar-refractivity contribution is -0.145. The molecule has 0 spiro atoms. The molecule has 3 nitrogen and oxygen atoms in total. The molecule has 4 heteroatoms. The molecule has 0 bridgehead atoms. The molecule has 1 N–H and O–H groups in total. The predicted octanol–water partition coefficient (Wildman–Crippen LogP) is 2.18. The normalized spacial score (nSPS) is 17.8. The summed E-state index contributed by atoms with van der Waals surface area (Å²) < 4.78 is 4.84. The van der Waals surface area contributed by atoms with E-state index in [9.17, 15) is 4.79 Å². The van der Waals surface area contributed by atoms with Crippen molar-refractivity contribution >= 4 is 17.3 Å². The maximum atomic E-state index is 11.6. The molecule has 16 heavy (non-hydrogen) atoms. The molecule has 0 saturated heterocycles. The minimum atomic E-state index is -0.124. The SMILES string of the molecule is COC(=O)C(NCc1cccs1)C1CCC1. The van der Waals surface area contributed by atoms with E-state index in [-0.39, 0.29) is 12.0 Å². The van der Waals surface area contributed by atoms with Crippen molar-refractivity contribution in [3.8, 4) is 0 Å². The lowest BCUT2D eigenvalue weighted by Gasteiger charge is -2.32. The first-order valence-electron chi connectivity index (χ1n) is 5.65. The Hall–Kier alpha value is -0.870. The van der Waals surface area contributed by atoms with E-state index in [1.807, 2.05) is 11.4 Å². The Morgan fingerprint density at radius 3 is 3.00 bits per heavy atom. The number of hydrogen-bond acceptors (Lipinski definition) is 4. The maximum absolute atomic E-state index is 11.6. The van der Waals surface area contributed by atoms with Gasteiger partial charge in [0.25, 0.3) is 0 Å². The van der Waals surface area contributed by atoms with Crippen molar-refractivity contribution in [3.05, 3.63) is 22.4 Å². The fourth-order valence-electron chi connectivity index (χ4n) is 1.97. The number of carbonyl (C=O) groups excluding carboxylic acids is 1. The van der Waals surface area contributed by atoms with Gasteiger partial charge in [-0.3, -0.25) is 10.1 Å². The van der Waals surface area contributed by atoms with E-state index < -0.39 is 0 Å². The first-order valence-corrected chi connectivity index (χ1v) is 6.53. The quantitative estimate of drug-likeness (QED) is 0.800. The highest BCUT2D eigenvalue weighted by Gasteiger charge is 2.32. The molecule has 88 valence electrons. The van der Waals surface area contributed by atoms with Gasteiger partial charge in [0.15, 0.2) is 0 Å². The molecule has 1 unspecified atom stereocenters. The zero-order chi connectivity index (χ0) is 11.4. The Balaban J connectivity index is 1.89. The number of ether oxygens (including phenoxy) is 1. The molecule has 1 saturated carbocycles. The van der Waals surface area contributed by atoms with Crippen LogP contribution in [0, 0.1) is 5.92 Å². The van der Waals surface area contributed by atoms with Gasteiger partial charge in [0, 0.05) is 11.4 Å². The predicted molar refractivity (Wildman–Crippen MR) is 64.3 cm³/mol. The summed E-state index contributed by atoms with van der Waals surface area (Å²) >= 11 is 1.71. The van der Waals surface area contributed by atoms with Crippen LogP contribution in [0.5, 0.6) is 0 Å². The molecule has 1 aliphatic carbocycles. The summed E-state index contributed by atoms with van der Waals surface area (Å²) in [5.74, 6) is 0.341. The number of methoxy groups -OCH3 is 1. The smallest absolute Gasteiger partial charge is 0.323 e. The first-order chi connectivity index (χ1) is 7.81. The van der Waals surface area contributed by atoms with Gasteiger partial charge in [0.05, 0.1) is 7.11 Å². The molecule has 2 rings (SSSR count). The van der Waals surface area contributed by atoms with Crippen LogP contribution >= 0.6 is 11.3 Å². The van der Waals surface area contributed by atoms with Crippen molar-refractivity contribution in [1.29, 1.82) is 0 Å². The number of thiophene rings is 1. The molecule has 1 fully saturated rings. The van der Waals surface area contributed by atoms with Crippen LogP contribution in [-0.4, -0.2) is 19.1 Å². The van der Waals surface area contributed by atoms with E-state index >= 15 is 0 Å².